The molecule has 1 aliphatic heterocycles. The van der Waals surface area contributed by atoms with E-state index in [4.69, 9.17) is 4.74 Å². The fourth-order valence-electron chi connectivity index (χ4n) is 2.16. The zero-order chi connectivity index (χ0) is 10.9. The monoisotopic (exact) mass is 231 g/mol. The van der Waals surface area contributed by atoms with Gasteiger partial charge in [-0.1, -0.05) is 13.3 Å². The van der Waals surface area contributed by atoms with Crippen molar-refractivity contribution in [1.29, 1.82) is 0 Å². The third-order valence-corrected chi connectivity index (χ3v) is 3.56. The summed E-state index contributed by atoms with van der Waals surface area (Å²) in [5.74, 6) is 1.93. The first-order chi connectivity index (χ1) is 7.36. The molecule has 0 spiro atoms. The lowest BCUT2D eigenvalue weighted by molar-refractivity contribution is 0.0366. The van der Waals surface area contributed by atoms with E-state index in [1.54, 1.807) is 0 Å². The molecule has 1 aliphatic rings. The van der Waals surface area contributed by atoms with E-state index >= 15 is 0 Å². The van der Waals surface area contributed by atoms with Gasteiger partial charge in [-0.05, 0) is 37.5 Å². The first-order valence-corrected chi connectivity index (χ1v) is 6.91. The Bertz CT molecular complexity index is 144. The van der Waals surface area contributed by atoms with Crippen molar-refractivity contribution >= 4 is 12.6 Å². The van der Waals surface area contributed by atoms with Crippen molar-refractivity contribution in [2.75, 3.05) is 38.6 Å². The number of hydrogen-bond acceptors (Lipinski definition) is 3. The molecule has 0 amide bonds. The smallest absolute Gasteiger partial charge is 0.0594 e. The second kappa shape index (κ2) is 8.43. The molecule has 1 atom stereocenters. The van der Waals surface area contributed by atoms with Crippen LogP contribution in [0.5, 0.6) is 0 Å². The minimum atomic E-state index is 0.892. The molecule has 0 aromatic carbocycles. The van der Waals surface area contributed by atoms with E-state index in [-0.39, 0.29) is 0 Å². The summed E-state index contributed by atoms with van der Waals surface area (Å²) in [5, 5.41) is 0. The van der Waals surface area contributed by atoms with Crippen LogP contribution in [0, 0.1) is 5.92 Å². The molecule has 15 heavy (non-hydrogen) atoms. The van der Waals surface area contributed by atoms with Gasteiger partial charge in [-0.2, -0.15) is 12.6 Å². The summed E-state index contributed by atoms with van der Waals surface area (Å²) in [6.45, 7) is 7.66. The topological polar surface area (TPSA) is 12.5 Å². The quantitative estimate of drug-likeness (QED) is 0.676. The highest BCUT2D eigenvalue weighted by molar-refractivity contribution is 7.80. The summed E-state index contributed by atoms with van der Waals surface area (Å²) in [6.07, 6.45) is 5.30. The molecule has 1 saturated heterocycles. The molecule has 1 fully saturated rings. The van der Waals surface area contributed by atoms with Crippen LogP contribution in [-0.2, 0) is 4.74 Å². The molecular weight excluding hydrogens is 206 g/mol. The van der Waals surface area contributed by atoms with Crippen LogP contribution in [0.25, 0.3) is 0 Å². The lowest BCUT2D eigenvalue weighted by Gasteiger charge is -2.27. The second-order valence-electron chi connectivity index (χ2n) is 4.38. The van der Waals surface area contributed by atoms with Crippen molar-refractivity contribution in [1.82, 2.24) is 4.90 Å². The molecule has 1 rings (SSSR count). The van der Waals surface area contributed by atoms with Crippen LogP contribution in [0.1, 0.15) is 32.6 Å². The second-order valence-corrected chi connectivity index (χ2v) is 4.83. The Morgan fingerprint density at radius 1 is 1.27 bits per heavy atom. The van der Waals surface area contributed by atoms with Gasteiger partial charge in [-0.3, -0.25) is 4.90 Å². The maximum Gasteiger partial charge on any atom is 0.0594 e. The molecule has 0 bridgehead atoms. The van der Waals surface area contributed by atoms with Crippen molar-refractivity contribution in [2.24, 2.45) is 5.92 Å². The van der Waals surface area contributed by atoms with E-state index in [0.29, 0.717) is 0 Å². The standard InChI is InChI=1S/C12H25NOS/c1-2-12(5-11-15)4-3-6-13-7-9-14-10-8-13/h12,15H,2-11H2,1H3. The molecule has 90 valence electrons. The van der Waals surface area contributed by atoms with E-state index in [2.05, 4.69) is 24.5 Å². The number of thiol groups is 1. The van der Waals surface area contributed by atoms with Crippen LogP contribution in [-0.4, -0.2) is 43.5 Å². The molecule has 0 aromatic heterocycles. The zero-order valence-electron chi connectivity index (χ0n) is 9.95. The van der Waals surface area contributed by atoms with Crippen LogP contribution in [0.4, 0.5) is 0 Å². The highest BCUT2D eigenvalue weighted by Crippen LogP contribution is 2.16. The molecule has 0 N–H and O–H groups in total. The molecular formula is C12H25NOS. The number of morpholine rings is 1. The minimum Gasteiger partial charge on any atom is -0.379 e. The third kappa shape index (κ3) is 5.79. The van der Waals surface area contributed by atoms with Gasteiger partial charge in [0, 0.05) is 13.1 Å². The Hall–Kier alpha value is 0.270. The molecule has 2 nitrogen and oxygen atoms in total. The Kier molecular flexibility index (Phi) is 7.49. The van der Waals surface area contributed by atoms with Crippen LogP contribution < -0.4 is 0 Å². The SMILES string of the molecule is CCC(CCS)CCCN1CCOCC1. The van der Waals surface area contributed by atoms with Crippen LogP contribution in [0.2, 0.25) is 0 Å². The highest BCUT2D eigenvalue weighted by atomic mass is 32.1. The number of nitrogens with zero attached hydrogens (tertiary/aromatic N) is 1. The van der Waals surface area contributed by atoms with Crippen molar-refractivity contribution in [3.63, 3.8) is 0 Å². The summed E-state index contributed by atoms with van der Waals surface area (Å²) >= 11 is 4.31. The first kappa shape index (κ1) is 13.3. The van der Waals surface area contributed by atoms with E-state index in [1.807, 2.05) is 0 Å². The Morgan fingerprint density at radius 2 is 2.00 bits per heavy atom. The van der Waals surface area contributed by atoms with Crippen LogP contribution in [0.15, 0.2) is 0 Å². The molecule has 1 unspecified atom stereocenters. The van der Waals surface area contributed by atoms with E-state index in [0.717, 1.165) is 38.0 Å². The van der Waals surface area contributed by atoms with Gasteiger partial charge in [-0.15, -0.1) is 0 Å². The average Bonchev–Trinajstić information content (AvgIpc) is 2.29. The molecule has 3 heteroatoms. The third-order valence-electron chi connectivity index (χ3n) is 3.31. The Labute approximate surface area is 99.8 Å². The number of rotatable bonds is 7. The van der Waals surface area contributed by atoms with Crippen molar-refractivity contribution in [3.8, 4) is 0 Å². The fraction of sp³-hybridized carbons (Fsp3) is 1.00. The minimum absolute atomic E-state index is 0.892. The Morgan fingerprint density at radius 3 is 2.60 bits per heavy atom. The lowest BCUT2D eigenvalue weighted by Crippen LogP contribution is -2.36. The van der Waals surface area contributed by atoms with E-state index in [1.165, 1.54) is 32.2 Å². The van der Waals surface area contributed by atoms with E-state index < -0.39 is 0 Å². The van der Waals surface area contributed by atoms with Gasteiger partial charge in [0.15, 0.2) is 0 Å². The maximum atomic E-state index is 5.34. The average molecular weight is 231 g/mol. The normalized spacial score (nSPS) is 20.4. The van der Waals surface area contributed by atoms with Crippen molar-refractivity contribution in [3.05, 3.63) is 0 Å². The van der Waals surface area contributed by atoms with Gasteiger partial charge in [0.1, 0.15) is 0 Å². The van der Waals surface area contributed by atoms with Gasteiger partial charge < -0.3 is 4.74 Å². The zero-order valence-corrected chi connectivity index (χ0v) is 10.8. The molecule has 0 saturated carbocycles. The van der Waals surface area contributed by atoms with Gasteiger partial charge in [0.2, 0.25) is 0 Å². The van der Waals surface area contributed by atoms with Gasteiger partial charge >= 0.3 is 0 Å². The van der Waals surface area contributed by atoms with Crippen molar-refractivity contribution < 1.29 is 4.74 Å². The van der Waals surface area contributed by atoms with Gasteiger partial charge in [-0.25, -0.2) is 0 Å². The predicted molar refractivity (Wildman–Crippen MR) is 68.7 cm³/mol. The van der Waals surface area contributed by atoms with Crippen LogP contribution in [0.3, 0.4) is 0 Å². The summed E-state index contributed by atoms with van der Waals surface area (Å²) in [4.78, 5) is 2.52. The fourth-order valence-corrected chi connectivity index (χ4v) is 2.53. The number of ether oxygens (including phenoxy) is 1. The number of hydrogen-bond donors (Lipinski definition) is 1. The van der Waals surface area contributed by atoms with Crippen molar-refractivity contribution in [2.45, 2.75) is 32.6 Å². The molecule has 0 radical (unpaired) electrons. The summed E-state index contributed by atoms with van der Waals surface area (Å²) in [7, 11) is 0. The maximum absolute atomic E-state index is 5.34. The van der Waals surface area contributed by atoms with Gasteiger partial charge in [0.25, 0.3) is 0 Å². The van der Waals surface area contributed by atoms with E-state index in [9.17, 15) is 0 Å². The summed E-state index contributed by atoms with van der Waals surface area (Å²) in [6, 6.07) is 0. The first-order valence-electron chi connectivity index (χ1n) is 6.27. The lowest BCUT2D eigenvalue weighted by atomic mass is 9.97. The Balaban J connectivity index is 2.03. The summed E-state index contributed by atoms with van der Waals surface area (Å²) in [5.41, 5.74) is 0. The molecule has 1 heterocycles. The molecule has 0 aliphatic carbocycles. The highest BCUT2D eigenvalue weighted by Gasteiger charge is 2.11. The molecule has 0 aromatic rings. The predicted octanol–water partition coefficient (Wildman–Crippen LogP) is 2.44. The largest absolute Gasteiger partial charge is 0.379 e. The van der Waals surface area contributed by atoms with Crippen LogP contribution >= 0.6 is 12.6 Å². The van der Waals surface area contributed by atoms with Gasteiger partial charge in [0.05, 0.1) is 13.2 Å². The summed E-state index contributed by atoms with van der Waals surface area (Å²) < 4.78 is 5.34.